The van der Waals surface area contributed by atoms with E-state index in [1.54, 1.807) is 24.5 Å². The first kappa shape index (κ1) is 16.0. The minimum absolute atomic E-state index is 0.333. The number of pyridine rings is 2. The third-order valence-corrected chi connectivity index (χ3v) is 4.30. The number of hydrogen-bond acceptors (Lipinski definition) is 4. The molecule has 0 atom stereocenters. The predicted octanol–water partition coefficient (Wildman–Crippen LogP) is 4.74. The number of ether oxygens (including phenoxy) is 1. The first-order chi connectivity index (χ1) is 12.8. The van der Waals surface area contributed by atoms with Crippen LogP contribution in [-0.2, 0) is 4.74 Å². The Morgan fingerprint density at radius 1 is 0.885 bits per heavy atom. The predicted molar refractivity (Wildman–Crippen MR) is 104 cm³/mol. The van der Waals surface area contributed by atoms with E-state index in [0.717, 1.165) is 32.9 Å². The van der Waals surface area contributed by atoms with Crippen LogP contribution in [0.5, 0.6) is 0 Å². The molecule has 0 radical (unpaired) electrons. The molecule has 126 valence electrons. The number of benzene rings is 2. The van der Waals surface area contributed by atoms with Gasteiger partial charge in [0.05, 0.1) is 23.7 Å². The van der Waals surface area contributed by atoms with Crippen LogP contribution in [-0.4, -0.2) is 23.0 Å². The van der Waals surface area contributed by atoms with Crippen molar-refractivity contribution in [2.75, 3.05) is 7.11 Å². The van der Waals surface area contributed by atoms with E-state index >= 15 is 0 Å². The second-order valence-corrected chi connectivity index (χ2v) is 5.88. The Labute approximate surface area is 150 Å². The van der Waals surface area contributed by atoms with Crippen LogP contribution in [0.25, 0.3) is 34.0 Å². The van der Waals surface area contributed by atoms with Gasteiger partial charge in [0.15, 0.2) is 0 Å². The molecule has 0 saturated carbocycles. The van der Waals surface area contributed by atoms with Crippen LogP contribution in [0, 0.1) is 0 Å². The van der Waals surface area contributed by atoms with Gasteiger partial charge in [-0.2, -0.15) is 0 Å². The molecule has 26 heavy (non-hydrogen) atoms. The van der Waals surface area contributed by atoms with Gasteiger partial charge in [0.1, 0.15) is 0 Å². The molecule has 4 nitrogen and oxygen atoms in total. The average Bonchev–Trinajstić information content (AvgIpc) is 2.71. The average molecular weight is 340 g/mol. The number of aromatic nitrogens is 2. The molecule has 0 unspecified atom stereocenters. The van der Waals surface area contributed by atoms with Gasteiger partial charge in [-0.15, -0.1) is 0 Å². The summed E-state index contributed by atoms with van der Waals surface area (Å²) in [6, 6.07) is 17.4. The van der Waals surface area contributed by atoms with E-state index < -0.39 is 0 Å². The Morgan fingerprint density at radius 3 is 2.50 bits per heavy atom. The first-order valence-electron chi connectivity index (χ1n) is 8.25. The Kier molecular flexibility index (Phi) is 4.15. The molecule has 0 fully saturated rings. The molecule has 0 spiro atoms. The third-order valence-electron chi connectivity index (χ3n) is 4.30. The summed E-state index contributed by atoms with van der Waals surface area (Å²) in [5.74, 6) is -0.333. The SMILES string of the molecule is COC(=O)c1ccc(C=Cc2ccnc3c2ccc2cccnc23)cc1. The molecule has 0 aliphatic rings. The topological polar surface area (TPSA) is 52.1 Å². The molecule has 0 aliphatic carbocycles. The minimum atomic E-state index is -0.333. The number of carbonyl (C=O) groups is 1. The third kappa shape index (κ3) is 2.93. The zero-order valence-electron chi connectivity index (χ0n) is 14.2. The number of fused-ring (bicyclic) bond motifs is 3. The molecule has 2 aromatic carbocycles. The van der Waals surface area contributed by atoms with Crippen molar-refractivity contribution in [2.45, 2.75) is 0 Å². The van der Waals surface area contributed by atoms with Crippen LogP contribution < -0.4 is 0 Å². The lowest BCUT2D eigenvalue weighted by Crippen LogP contribution is -2.00. The van der Waals surface area contributed by atoms with Gasteiger partial charge in [0.2, 0.25) is 0 Å². The Balaban J connectivity index is 1.72. The number of esters is 1. The zero-order valence-corrected chi connectivity index (χ0v) is 14.2. The van der Waals surface area contributed by atoms with Crippen LogP contribution in [0.2, 0.25) is 0 Å². The van der Waals surface area contributed by atoms with Crippen molar-refractivity contribution in [3.63, 3.8) is 0 Å². The van der Waals surface area contributed by atoms with Crippen molar-refractivity contribution in [2.24, 2.45) is 0 Å². The van der Waals surface area contributed by atoms with Crippen molar-refractivity contribution >= 4 is 39.9 Å². The molecule has 0 N–H and O–H groups in total. The summed E-state index contributed by atoms with van der Waals surface area (Å²) in [4.78, 5) is 20.5. The van der Waals surface area contributed by atoms with Crippen molar-refractivity contribution in [1.82, 2.24) is 9.97 Å². The maximum Gasteiger partial charge on any atom is 0.337 e. The van der Waals surface area contributed by atoms with Gasteiger partial charge in [0.25, 0.3) is 0 Å². The molecular weight excluding hydrogens is 324 g/mol. The number of methoxy groups -OCH3 is 1. The molecule has 4 heteroatoms. The first-order valence-corrected chi connectivity index (χ1v) is 8.25. The molecule has 0 aliphatic heterocycles. The molecule has 4 rings (SSSR count). The van der Waals surface area contributed by atoms with Crippen LogP contribution in [0.4, 0.5) is 0 Å². The second kappa shape index (κ2) is 6.76. The summed E-state index contributed by atoms with van der Waals surface area (Å²) >= 11 is 0. The van der Waals surface area contributed by atoms with Gasteiger partial charge in [0, 0.05) is 23.2 Å². The van der Waals surface area contributed by atoms with E-state index in [2.05, 4.69) is 22.1 Å². The van der Waals surface area contributed by atoms with Gasteiger partial charge in [-0.3, -0.25) is 9.97 Å². The van der Waals surface area contributed by atoms with Crippen molar-refractivity contribution in [1.29, 1.82) is 0 Å². The molecular formula is C22H16N2O2. The van der Waals surface area contributed by atoms with Crippen LogP contribution in [0.15, 0.2) is 67.0 Å². The van der Waals surface area contributed by atoms with E-state index in [-0.39, 0.29) is 5.97 Å². The minimum Gasteiger partial charge on any atom is -0.465 e. The van der Waals surface area contributed by atoms with Crippen LogP contribution in [0.3, 0.4) is 0 Å². The van der Waals surface area contributed by atoms with E-state index in [4.69, 9.17) is 4.74 Å². The highest BCUT2D eigenvalue weighted by molar-refractivity contribution is 6.05. The van der Waals surface area contributed by atoms with Gasteiger partial charge in [-0.1, -0.05) is 42.5 Å². The van der Waals surface area contributed by atoms with E-state index in [9.17, 15) is 4.79 Å². The van der Waals surface area contributed by atoms with Crippen molar-refractivity contribution < 1.29 is 9.53 Å². The fraction of sp³-hybridized carbons (Fsp3) is 0.0455. The van der Waals surface area contributed by atoms with Crippen LogP contribution >= 0.6 is 0 Å². The molecule has 2 aromatic heterocycles. The quantitative estimate of drug-likeness (QED) is 0.399. The summed E-state index contributed by atoms with van der Waals surface area (Å²) < 4.78 is 4.72. The highest BCUT2D eigenvalue weighted by atomic mass is 16.5. The molecule has 2 heterocycles. The van der Waals surface area contributed by atoms with Crippen molar-refractivity contribution in [3.8, 4) is 0 Å². The van der Waals surface area contributed by atoms with Gasteiger partial charge in [-0.25, -0.2) is 4.79 Å². The summed E-state index contributed by atoms with van der Waals surface area (Å²) in [5.41, 5.74) is 4.41. The Hall–Kier alpha value is -3.53. The lowest BCUT2D eigenvalue weighted by atomic mass is 10.0. The fourth-order valence-corrected chi connectivity index (χ4v) is 2.95. The lowest BCUT2D eigenvalue weighted by Gasteiger charge is -2.05. The standard InChI is InChI=1S/C22H16N2O2/c1-26-22(25)18-8-5-15(6-9-18)4-7-16-12-14-24-21-19(16)11-10-17-3-2-13-23-20(17)21/h2-14H,1H3. The lowest BCUT2D eigenvalue weighted by molar-refractivity contribution is 0.0600. The molecule has 4 aromatic rings. The number of carbonyl (C=O) groups excluding carboxylic acids is 1. The van der Waals surface area contributed by atoms with Gasteiger partial charge in [-0.05, 0) is 35.4 Å². The highest BCUT2D eigenvalue weighted by Gasteiger charge is 2.06. The zero-order chi connectivity index (χ0) is 17.9. The number of rotatable bonds is 3. The fourth-order valence-electron chi connectivity index (χ4n) is 2.95. The maximum atomic E-state index is 11.5. The molecule has 0 saturated heterocycles. The van der Waals surface area contributed by atoms with Gasteiger partial charge >= 0.3 is 5.97 Å². The largest absolute Gasteiger partial charge is 0.465 e. The monoisotopic (exact) mass is 340 g/mol. The Bertz CT molecular complexity index is 1130. The highest BCUT2D eigenvalue weighted by Crippen LogP contribution is 2.25. The number of hydrogen-bond donors (Lipinski definition) is 0. The van der Waals surface area contributed by atoms with Gasteiger partial charge < -0.3 is 4.74 Å². The summed E-state index contributed by atoms with van der Waals surface area (Å²) in [5, 5.41) is 2.13. The van der Waals surface area contributed by atoms with Crippen molar-refractivity contribution in [3.05, 3.63) is 83.7 Å². The van der Waals surface area contributed by atoms with E-state index in [0.29, 0.717) is 5.56 Å². The number of nitrogens with zero attached hydrogens (tertiary/aromatic N) is 2. The maximum absolute atomic E-state index is 11.5. The van der Waals surface area contributed by atoms with Crippen LogP contribution in [0.1, 0.15) is 21.5 Å². The molecule has 0 amide bonds. The van der Waals surface area contributed by atoms with E-state index in [1.807, 2.05) is 42.5 Å². The smallest absolute Gasteiger partial charge is 0.337 e. The summed E-state index contributed by atoms with van der Waals surface area (Å²) in [7, 11) is 1.38. The van der Waals surface area contributed by atoms with E-state index in [1.165, 1.54) is 7.11 Å². The summed E-state index contributed by atoms with van der Waals surface area (Å²) in [6.07, 6.45) is 7.65. The second-order valence-electron chi connectivity index (χ2n) is 5.88. The Morgan fingerprint density at radius 2 is 1.69 bits per heavy atom. The molecule has 0 bridgehead atoms. The normalized spacial score (nSPS) is 11.3. The summed E-state index contributed by atoms with van der Waals surface area (Å²) in [6.45, 7) is 0.